The third kappa shape index (κ3) is 1.57. The molecule has 0 fully saturated rings. The molecule has 17 heavy (non-hydrogen) atoms. The van der Waals surface area contributed by atoms with E-state index < -0.39 is 0 Å². The lowest BCUT2D eigenvalue weighted by Gasteiger charge is -1.97. The Morgan fingerprint density at radius 2 is 1.94 bits per heavy atom. The SMILES string of the molecule is Cn1nc(-c2ccccc2)c2c(Cl)cnnc21. The highest BCUT2D eigenvalue weighted by molar-refractivity contribution is 6.36. The normalized spacial score (nSPS) is 10.9. The highest BCUT2D eigenvalue weighted by atomic mass is 35.5. The van der Waals surface area contributed by atoms with Crippen molar-refractivity contribution in [2.24, 2.45) is 7.05 Å². The van der Waals surface area contributed by atoms with Crippen LogP contribution in [-0.2, 0) is 7.05 Å². The summed E-state index contributed by atoms with van der Waals surface area (Å²) in [5, 5.41) is 13.8. The lowest BCUT2D eigenvalue weighted by atomic mass is 10.1. The number of benzene rings is 1. The Labute approximate surface area is 103 Å². The number of hydrogen-bond donors (Lipinski definition) is 0. The number of nitrogens with zero attached hydrogens (tertiary/aromatic N) is 4. The lowest BCUT2D eigenvalue weighted by molar-refractivity contribution is 0.780. The molecule has 0 spiro atoms. The molecule has 0 unspecified atom stereocenters. The fraction of sp³-hybridized carbons (Fsp3) is 0.0833. The second-order valence-corrected chi connectivity index (χ2v) is 4.14. The third-order valence-electron chi connectivity index (χ3n) is 2.63. The molecule has 3 aromatic rings. The second kappa shape index (κ2) is 3.82. The summed E-state index contributed by atoms with van der Waals surface area (Å²) >= 11 is 6.17. The van der Waals surface area contributed by atoms with Crippen molar-refractivity contribution >= 4 is 22.6 Å². The van der Waals surface area contributed by atoms with Gasteiger partial charge in [0.25, 0.3) is 0 Å². The van der Waals surface area contributed by atoms with Gasteiger partial charge in [0.1, 0.15) is 5.69 Å². The Hall–Kier alpha value is -1.94. The Balaban J connectivity index is 2.38. The van der Waals surface area contributed by atoms with Gasteiger partial charge >= 0.3 is 0 Å². The zero-order valence-corrected chi connectivity index (χ0v) is 9.89. The second-order valence-electron chi connectivity index (χ2n) is 3.73. The molecule has 0 N–H and O–H groups in total. The van der Waals surface area contributed by atoms with Gasteiger partial charge in [-0.15, -0.1) is 5.10 Å². The summed E-state index contributed by atoms with van der Waals surface area (Å²) in [6.45, 7) is 0. The van der Waals surface area contributed by atoms with E-state index in [1.54, 1.807) is 4.68 Å². The van der Waals surface area contributed by atoms with Gasteiger partial charge in [-0.1, -0.05) is 41.9 Å². The number of fused-ring (bicyclic) bond motifs is 1. The predicted molar refractivity (Wildman–Crippen MR) is 66.8 cm³/mol. The minimum Gasteiger partial charge on any atom is -0.248 e. The first-order chi connectivity index (χ1) is 8.27. The van der Waals surface area contributed by atoms with Gasteiger partial charge in [0.05, 0.1) is 16.6 Å². The van der Waals surface area contributed by atoms with Gasteiger partial charge in [-0.05, 0) is 0 Å². The van der Waals surface area contributed by atoms with E-state index in [9.17, 15) is 0 Å². The van der Waals surface area contributed by atoms with Crippen molar-refractivity contribution in [2.45, 2.75) is 0 Å². The first-order valence-corrected chi connectivity index (χ1v) is 5.54. The summed E-state index contributed by atoms with van der Waals surface area (Å²) in [5.41, 5.74) is 2.55. The average Bonchev–Trinajstić information content (AvgIpc) is 2.70. The monoisotopic (exact) mass is 244 g/mol. The van der Waals surface area contributed by atoms with Crippen LogP contribution < -0.4 is 0 Å². The molecule has 0 aliphatic heterocycles. The molecule has 5 heteroatoms. The van der Waals surface area contributed by atoms with E-state index in [0.717, 1.165) is 16.6 Å². The van der Waals surface area contributed by atoms with Crippen molar-refractivity contribution in [3.05, 3.63) is 41.6 Å². The van der Waals surface area contributed by atoms with Gasteiger partial charge in [-0.2, -0.15) is 10.2 Å². The van der Waals surface area contributed by atoms with E-state index in [-0.39, 0.29) is 0 Å². The van der Waals surface area contributed by atoms with Crippen LogP contribution in [0.4, 0.5) is 0 Å². The van der Waals surface area contributed by atoms with Crippen LogP contribution in [0.15, 0.2) is 36.5 Å². The number of rotatable bonds is 1. The van der Waals surface area contributed by atoms with Crippen molar-refractivity contribution in [3.63, 3.8) is 0 Å². The standard InChI is InChI=1S/C12H9ClN4/c1-17-12-10(9(13)7-14-15-12)11(16-17)8-5-3-2-4-6-8/h2-7H,1H3. The molecule has 2 aromatic heterocycles. The maximum Gasteiger partial charge on any atom is 0.182 e. The zero-order valence-electron chi connectivity index (χ0n) is 9.13. The van der Waals surface area contributed by atoms with Crippen LogP contribution in [-0.4, -0.2) is 20.0 Å². The molecular formula is C12H9ClN4. The number of halogens is 1. The number of hydrogen-bond acceptors (Lipinski definition) is 3. The molecule has 0 atom stereocenters. The van der Waals surface area contributed by atoms with E-state index >= 15 is 0 Å². The maximum absolute atomic E-state index is 6.17. The van der Waals surface area contributed by atoms with Crippen LogP contribution in [0.2, 0.25) is 5.02 Å². The summed E-state index contributed by atoms with van der Waals surface area (Å²) in [6, 6.07) is 9.91. The Morgan fingerprint density at radius 1 is 1.18 bits per heavy atom. The van der Waals surface area contributed by atoms with Gasteiger partial charge in [0.15, 0.2) is 5.65 Å². The molecule has 0 radical (unpaired) electrons. The highest BCUT2D eigenvalue weighted by Crippen LogP contribution is 2.30. The molecule has 1 aromatic carbocycles. The molecule has 0 saturated carbocycles. The quantitative estimate of drug-likeness (QED) is 0.661. The van der Waals surface area contributed by atoms with Gasteiger partial charge in [0.2, 0.25) is 0 Å². The van der Waals surface area contributed by atoms with Crippen LogP contribution in [0, 0.1) is 0 Å². The Kier molecular flexibility index (Phi) is 2.30. The van der Waals surface area contributed by atoms with E-state index in [2.05, 4.69) is 15.3 Å². The van der Waals surface area contributed by atoms with Gasteiger partial charge < -0.3 is 0 Å². The van der Waals surface area contributed by atoms with E-state index in [1.165, 1.54) is 6.20 Å². The zero-order chi connectivity index (χ0) is 11.8. The molecule has 0 amide bonds. The molecule has 3 rings (SSSR count). The third-order valence-corrected chi connectivity index (χ3v) is 2.91. The molecule has 0 saturated heterocycles. The summed E-state index contributed by atoms with van der Waals surface area (Å²) < 4.78 is 1.69. The molecule has 0 bridgehead atoms. The first kappa shape index (κ1) is 10.2. The van der Waals surface area contributed by atoms with E-state index in [4.69, 9.17) is 11.6 Å². The van der Waals surface area contributed by atoms with Gasteiger partial charge in [0, 0.05) is 12.6 Å². The Morgan fingerprint density at radius 3 is 2.71 bits per heavy atom. The van der Waals surface area contributed by atoms with Crippen molar-refractivity contribution in [2.75, 3.05) is 0 Å². The summed E-state index contributed by atoms with van der Waals surface area (Å²) in [6.07, 6.45) is 1.54. The minimum atomic E-state index is 0.571. The first-order valence-electron chi connectivity index (χ1n) is 5.16. The van der Waals surface area contributed by atoms with Crippen molar-refractivity contribution in [1.29, 1.82) is 0 Å². The largest absolute Gasteiger partial charge is 0.248 e. The smallest absolute Gasteiger partial charge is 0.182 e. The Bertz CT molecular complexity index is 676. The molecule has 0 aliphatic rings. The van der Waals surface area contributed by atoms with Crippen LogP contribution in [0.25, 0.3) is 22.3 Å². The summed E-state index contributed by atoms with van der Waals surface area (Å²) in [7, 11) is 1.83. The van der Waals surface area contributed by atoms with Crippen molar-refractivity contribution in [3.8, 4) is 11.3 Å². The fourth-order valence-electron chi connectivity index (χ4n) is 1.85. The number of aryl methyl sites for hydroxylation is 1. The van der Waals surface area contributed by atoms with Crippen LogP contribution in [0.5, 0.6) is 0 Å². The molecule has 84 valence electrons. The molecule has 0 aliphatic carbocycles. The van der Waals surface area contributed by atoms with E-state index in [1.807, 2.05) is 37.4 Å². The van der Waals surface area contributed by atoms with Crippen molar-refractivity contribution < 1.29 is 0 Å². The summed E-state index contributed by atoms with van der Waals surface area (Å²) in [4.78, 5) is 0. The number of aromatic nitrogens is 4. The average molecular weight is 245 g/mol. The lowest BCUT2D eigenvalue weighted by Crippen LogP contribution is -1.92. The topological polar surface area (TPSA) is 43.6 Å². The van der Waals surface area contributed by atoms with Crippen molar-refractivity contribution in [1.82, 2.24) is 20.0 Å². The van der Waals surface area contributed by atoms with Gasteiger partial charge in [-0.3, -0.25) is 0 Å². The molecular weight excluding hydrogens is 236 g/mol. The highest BCUT2D eigenvalue weighted by Gasteiger charge is 2.14. The van der Waals surface area contributed by atoms with Crippen LogP contribution >= 0.6 is 11.6 Å². The van der Waals surface area contributed by atoms with Crippen LogP contribution in [0.1, 0.15) is 0 Å². The fourth-order valence-corrected chi connectivity index (χ4v) is 2.06. The summed E-state index contributed by atoms with van der Waals surface area (Å²) in [5.74, 6) is 0. The van der Waals surface area contributed by atoms with Crippen LogP contribution in [0.3, 0.4) is 0 Å². The van der Waals surface area contributed by atoms with E-state index in [0.29, 0.717) is 10.7 Å². The minimum absolute atomic E-state index is 0.571. The molecule has 4 nitrogen and oxygen atoms in total. The van der Waals surface area contributed by atoms with Gasteiger partial charge in [-0.25, -0.2) is 4.68 Å². The maximum atomic E-state index is 6.17. The predicted octanol–water partition coefficient (Wildman–Crippen LogP) is 2.68. The molecule has 2 heterocycles.